The molecule has 0 aliphatic carbocycles. The summed E-state index contributed by atoms with van der Waals surface area (Å²) in [5, 5.41) is 3.87. The fraction of sp³-hybridized carbons (Fsp3) is 0.143. The van der Waals surface area contributed by atoms with Crippen LogP contribution in [0.5, 0.6) is 0 Å². The summed E-state index contributed by atoms with van der Waals surface area (Å²) in [6, 6.07) is 9.03. The summed E-state index contributed by atoms with van der Waals surface area (Å²) in [6.07, 6.45) is 1.43. The summed E-state index contributed by atoms with van der Waals surface area (Å²) in [6.45, 7) is 0. The van der Waals surface area contributed by atoms with Gasteiger partial charge in [-0.3, -0.25) is 4.79 Å². The molecular weight excluding hydrogens is 402 g/mol. The summed E-state index contributed by atoms with van der Waals surface area (Å²) >= 11 is 6.53. The Labute approximate surface area is 139 Å². The largest absolute Gasteiger partial charge is 0.447 e. The van der Waals surface area contributed by atoms with Crippen molar-refractivity contribution < 1.29 is 9.21 Å². The maximum absolute atomic E-state index is 12.0. The second-order valence-corrected chi connectivity index (χ2v) is 5.99. The fourth-order valence-electron chi connectivity index (χ4n) is 1.57. The van der Waals surface area contributed by atoms with E-state index in [4.69, 9.17) is 4.42 Å². The predicted molar refractivity (Wildman–Crippen MR) is 89.9 cm³/mol. The first-order valence-electron chi connectivity index (χ1n) is 6.03. The first-order chi connectivity index (χ1) is 9.97. The van der Waals surface area contributed by atoms with Gasteiger partial charge in [0.1, 0.15) is 5.76 Å². The second-order valence-electron chi connectivity index (χ2n) is 4.41. The van der Waals surface area contributed by atoms with Crippen LogP contribution in [-0.4, -0.2) is 26.2 Å². The van der Waals surface area contributed by atoms with Crippen LogP contribution < -0.4 is 10.3 Å². The molecule has 0 radical (unpaired) electrons. The average Bonchev–Trinajstić information content (AvgIpc) is 2.77. The van der Waals surface area contributed by atoms with Gasteiger partial charge in [0, 0.05) is 31.4 Å². The van der Waals surface area contributed by atoms with E-state index in [9.17, 15) is 4.79 Å². The molecular formula is C14H13Br2N3O2. The molecule has 0 saturated carbocycles. The number of carbonyl (C=O) groups excluding carboxylic acids is 1. The van der Waals surface area contributed by atoms with Crippen LogP contribution in [0.15, 0.2) is 49.0 Å². The van der Waals surface area contributed by atoms with Gasteiger partial charge in [-0.05, 0) is 50.1 Å². The lowest BCUT2D eigenvalue weighted by Gasteiger charge is -2.12. The van der Waals surface area contributed by atoms with Crippen LogP contribution in [-0.2, 0) is 0 Å². The van der Waals surface area contributed by atoms with E-state index >= 15 is 0 Å². The van der Waals surface area contributed by atoms with Crippen LogP contribution in [0.25, 0.3) is 0 Å². The molecule has 1 aromatic heterocycles. The lowest BCUT2D eigenvalue weighted by Crippen LogP contribution is -2.18. The number of hydrogen-bond donors (Lipinski definition) is 1. The first-order valence-corrected chi connectivity index (χ1v) is 7.61. The number of furan rings is 1. The Morgan fingerprint density at radius 2 is 2.10 bits per heavy atom. The van der Waals surface area contributed by atoms with Gasteiger partial charge in [-0.2, -0.15) is 5.10 Å². The molecule has 0 unspecified atom stereocenters. The van der Waals surface area contributed by atoms with E-state index in [0.717, 1.165) is 10.2 Å². The van der Waals surface area contributed by atoms with E-state index in [1.54, 1.807) is 18.2 Å². The molecule has 1 amide bonds. The zero-order chi connectivity index (χ0) is 15.4. The molecule has 2 aromatic rings. The van der Waals surface area contributed by atoms with Crippen molar-refractivity contribution in [1.82, 2.24) is 5.43 Å². The molecule has 5 nitrogen and oxygen atoms in total. The normalized spacial score (nSPS) is 10.9. The molecule has 0 atom stereocenters. The number of hydrogen-bond acceptors (Lipinski definition) is 4. The van der Waals surface area contributed by atoms with Crippen molar-refractivity contribution in [2.75, 3.05) is 19.0 Å². The minimum Gasteiger partial charge on any atom is -0.447 e. The molecule has 0 aliphatic heterocycles. The molecule has 110 valence electrons. The van der Waals surface area contributed by atoms with Crippen molar-refractivity contribution in [2.24, 2.45) is 5.10 Å². The van der Waals surface area contributed by atoms with E-state index in [2.05, 4.69) is 42.4 Å². The molecule has 2 rings (SSSR count). The maximum Gasteiger partial charge on any atom is 0.271 e. The predicted octanol–water partition coefficient (Wildman–Crippen LogP) is 3.63. The minimum absolute atomic E-state index is 0.278. The van der Waals surface area contributed by atoms with Crippen LogP contribution in [0.1, 0.15) is 16.1 Å². The van der Waals surface area contributed by atoms with E-state index in [1.807, 2.05) is 31.1 Å². The molecule has 1 N–H and O–H groups in total. The zero-order valence-electron chi connectivity index (χ0n) is 11.4. The lowest BCUT2D eigenvalue weighted by molar-refractivity contribution is 0.0955. The Morgan fingerprint density at radius 3 is 2.71 bits per heavy atom. The van der Waals surface area contributed by atoms with Crippen molar-refractivity contribution in [3.8, 4) is 0 Å². The number of hydrazone groups is 1. The molecule has 0 saturated heterocycles. The van der Waals surface area contributed by atoms with Gasteiger partial charge in [-0.15, -0.1) is 0 Å². The van der Waals surface area contributed by atoms with Crippen molar-refractivity contribution in [1.29, 1.82) is 0 Å². The lowest BCUT2D eigenvalue weighted by atomic mass is 10.2. The molecule has 0 spiro atoms. The number of nitrogens with one attached hydrogen (secondary N) is 1. The van der Waals surface area contributed by atoms with Crippen molar-refractivity contribution >= 4 is 49.7 Å². The van der Waals surface area contributed by atoms with Crippen LogP contribution in [0.3, 0.4) is 0 Å². The highest BCUT2D eigenvalue weighted by Crippen LogP contribution is 2.25. The topological polar surface area (TPSA) is 57.8 Å². The standard InChI is InChI=1S/C14H13Br2N3O2/c1-19(2)10-5-3-4-9(6-10)14(20)18-17-8-11-7-12(15)13(16)21-11/h3-8H,1-2H3,(H,18,20)/b17-8+. The molecule has 0 fully saturated rings. The Hall–Kier alpha value is -1.60. The second kappa shape index (κ2) is 6.91. The number of halogens is 2. The Kier molecular flexibility index (Phi) is 5.19. The van der Waals surface area contributed by atoms with Gasteiger partial charge in [0.05, 0.1) is 10.7 Å². The fourth-order valence-corrected chi connectivity index (χ4v) is 2.18. The van der Waals surface area contributed by atoms with Crippen molar-refractivity contribution in [2.45, 2.75) is 0 Å². The highest BCUT2D eigenvalue weighted by Gasteiger charge is 2.07. The Balaban J connectivity index is 2.03. The van der Waals surface area contributed by atoms with Gasteiger partial charge in [0.15, 0.2) is 4.67 Å². The monoisotopic (exact) mass is 413 g/mol. The highest BCUT2D eigenvalue weighted by molar-refractivity contribution is 9.13. The minimum atomic E-state index is -0.278. The number of amides is 1. The number of anilines is 1. The van der Waals surface area contributed by atoms with E-state index in [1.165, 1.54) is 6.21 Å². The quantitative estimate of drug-likeness (QED) is 0.613. The maximum atomic E-state index is 12.0. The third kappa shape index (κ3) is 4.18. The smallest absolute Gasteiger partial charge is 0.271 e. The number of rotatable bonds is 4. The molecule has 7 heteroatoms. The van der Waals surface area contributed by atoms with Gasteiger partial charge in [0.2, 0.25) is 0 Å². The van der Waals surface area contributed by atoms with Crippen molar-refractivity contribution in [3.05, 3.63) is 50.8 Å². The summed E-state index contributed by atoms with van der Waals surface area (Å²) in [5.41, 5.74) is 3.96. The number of benzene rings is 1. The van der Waals surface area contributed by atoms with Crippen LogP contribution >= 0.6 is 31.9 Å². The first kappa shape index (κ1) is 15.8. The van der Waals surface area contributed by atoms with Gasteiger partial charge in [0.25, 0.3) is 5.91 Å². The molecule has 1 heterocycles. The van der Waals surface area contributed by atoms with Gasteiger partial charge in [-0.25, -0.2) is 5.43 Å². The summed E-state index contributed by atoms with van der Waals surface area (Å²) < 4.78 is 6.68. The third-order valence-corrected chi connectivity index (χ3v) is 4.36. The number of nitrogens with zero attached hydrogens (tertiary/aromatic N) is 2. The molecule has 1 aromatic carbocycles. The third-order valence-electron chi connectivity index (χ3n) is 2.65. The average molecular weight is 415 g/mol. The Morgan fingerprint density at radius 1 is 1.33 bits per heavy atom. The zero-order valence-corrected chi connectivity index (χ0v) is 14.6. The van der Waals surface area contributed by atoms with Gasteiger partial charge >= 0.3 is 0 Å². The summed E-state index contributed by atoms with van der Waals surface area (Å²) in [4.78, 5) is 13.9. The van der Waals surface area contributed by atoms with Crippen molar-refractivity contribution in [3.63, 3.8) is 0 Å². The molecule has 0 bridgehead atoms. The molecule has 21 heavy (non-hydrogen) atoms. The number of carbonyl (C=O) groups is 1. The molecule has 0 aliphatic rings. The van der Waals surface area contributed by atoms with E-state index in [-0.39, 0.29) is 5.91 Å². The van der Waals surface area contributed by atoms with Gasteiger partial charge in [-0.1, -0.05) is 6.07 Å². The SMILES string of the molecule is CN(C)c1cccc(C(=O)N/N=C/c2cc(Br)c(Br)o2)c1. The van der Waals surface area contributed by atoms with Crippen LogP contribution in [0.4, 0.5) is 5.69 Å². The highest BCUT2D eigenvalue weighted by atomic mass is 79.9. The van der Waals surface area contributed by atoms with Crippen LogP contribution in [0, 0.1) is 0 Å². The van der Waals surface area contributed by atoms with Gasteiger partial charge < -0.3 is 9.32 Å². The van der Waals surface area contributed by atoms with E-state index in [0.29, 0.717) is 16.0 Å². The summed E-state index contributed by atoms with van der Waals surface area (Å²) in [7, 11) is 3.84. The Bertz CT molecular complexity index is 661. The summed E-state index contributed by atoms with van der Waals surface area (Å²) in [5.74, 6) is 0.246. The van der Waals surface area contributed by atoms with Crippen LogP contribution in [0.2, 0.25) is 0 Å². The van der Waals surface area contributed by atoms with E-state index < -0.39 is 0 Å².